The molecule has 2 N–H and O–H groups in total. The van der Waals surface area contributed by atoms with Crippen molar-refractivity contribution in [3.05, 3.63) is 29.8 Å². The molecule has 2 rings (SSSR count). The lowest BCUT2D eigenvalue weighted by atomic mass is 10.2. The van der Waals surface area contributed by atoms with Crippen molar-refractivity contribution >= 4 is 23.6 Å². The van der Waals surface area contributed by atoms with E-state index in [0.717, 1.165) is 23.8 Å². The van der Waals surface area contributed by atoms with E-state index in [1.54, 1.807) is 4.90 Å². The van der Waals surface area contributed by atoms with Crippen LogP contribution < -0.4 is 10.6 Å². The summed E-state index contributed by atoms with van der Waals surface area (Å²) in [5, 5.41) is 6.09. The number of carbonyl (C=O) groups excluding carboxylic acids is 2. The molecule has 8 nitrogen and oxygen atoms in total. The van der Waals surface area contributed by atoms with Crippen molar-refractivity contribution in [1.82, 2.24) is 15.1 Å². The molecule has 1 heterocycles. The zero-order chi connectivity index (χ0) is 19.6. The normalized spacial score (nSPS) is 14.7. The minimum absolute atomic E-state index is 0.0940. The highest BCUT2D eigenvalue weighted by Gasteiger charge is 2.23. The van der Waals surface area contributed by atoms with Gasteiger partial charge in [-0.15, -0.1) is 0 Å². The number of anilines is 1. The van der Waals surface area contributed by atoms with Crippen molar-refractivity contribution in [2.45, 2.75) is 27.3 Å². The fourth-order valence-electron chi connectivity index (χ4n) is 2.86. The van der Waals surface area contributed by atoms with Gasteiger partial charge in [0.2, 0.25) is 5.91 Å². The lowest BCUT2D eigenvalue weighted by Crippen LogP contribution is -2.53. The maximum absolute atomic E-state index is 11.8. The van der Waals surface area contributed by atoms with E-state index in [2.05, 4.69) is 15.5 Å². The monoisotopic (exact) mass is 375 g/mol. The summed E-state index contributed by atoms with van der Waals surface area (Å²) in [6.07, 6.45) is -0.256. The summed E-state index contributed by atoms with van der Waals surface area (Å²) in [7, 11) is 0. The molecular weight excluding hydrogens is 346 g/mol. The second kappa shape index (κ2) is 10.4. The number of ether oxygens (including phenoxy) is 1. The van der Waals surface area contributed by atoms with Crippen LogP contribution in [-0.2, 0) is 16.1 Å². The van der Waals surface area contributed by atoms with E-state index >= 15 is 0 Å². The van der Waals surface area contributed by atoms with Gasteiger partial charge < -0.3 is 25.2 Å². The molecule has 0 atom stereocenters. The first-order chi connectivity index (χ1) is 13.0. The van der Waals surface area contributed by atoms with Gasteiger partial charge in [0.05, 0.1) is 13.2 Å². The van der Waals surface area contributed by atoms with Crippen molar-refractivity contribution in [3.63, 3.8) is 0 Å². The van der Waals surface area contributed by atoms with Crippen LogP contribution >= 0.6 is 0 Å². The Bertz CT molecular complexity index is 669. The Hall–Kier alpha value is -2.77. The summed E-state index contributed by atoms with van der Waals surface area (Å²) >= 11 is 0. The van der Waals surface area contributed by atoms with E-state index < -0.39 is 0 Å². The van der Waals surface area contributed by atoms with E-state index in [0.29, 0.717) is 39.3 Å². The van der Waals surface area contributed by atoms with Gasteiger partial charge in [-0.2, -0.15) is 0 Å². The Balaban J connectivity index is 1.98. The van der Waals surface area contributed by atoms with Gasteiger partial charge in [-0.25, -0.2) is 9.79 Å². The van der Waals surface area contributed by atoms with Crippen LogP contribution in [0.25, 0.3) is 0 Å². The van der Waals surface area contributed by atoms with Gasteiger partial charge in [0.1, 0.15) is 0 Å². The first-order valence-electron chi connectivity index (χ1n) is 9.35. The number of amides is 2. The highest BCUT2D eigenvalue weighted by Crippen LogP contribution is 2.12. The summed E-state index contributed by atoms with van der Waals surface area (Å²) in [6, 6.07) is 7.67. The zero-order valence-corrected chi connectivity index (χ0v) is 16.3. The van der Waals surface area contributed by atoms with Crippen molar-refractivity contribution in [2.24, 2.45) is 4.99 Å². The van der Waals surface area contributed by atoms with Crippen LogP contribution in [0.4, 0.5) is 10.5 Å². The maximum atomic E-state index is 11.8. The van der Waals surface area contributed by atoms with Gasteiger partial charge in [0, 0.05) is 45.3 Å². The fraction of sp³-hybridized carbons (Fsp3) is 0.526. The predicted molar refractivity (Wildman–Crippen MR) is 106 cm³/mol. The Morgan fingerprint density at radius 2 is 1.85 bits per heavy atom. The van der Waals surface area contributed by atoms with Gasteiger partial charge in [0.25, 0.3) is 0 Å². The third-order valence-corrected chi connectivity index (χ3v) is 4.10. The van der Waals surface area contributed by atoms with Crippen molar-refractivity contribution in [3.8, 4) is 0 Å². The van der Waals surface area contributed by atoms with Crippen molar-refractivity contribution in [1.29, 1.82) is 0 Å². The summed E-state index contributed by atoms with van der Waals surface area (Å²) in [5.74, 6) is 0.731. The number of aliphatic imine (C=N–C) groups is 1. The molecule has 1 fully saturated rings. The molecule has 0 unspecified atom stereocenters. The third-order valence-electron chi connectivity index (χ3n) is 4.10. The van der Waals surface area contributed by atoms with Crippen molar-refractivity contribution < 1.29 is 14.3 Å². The number of hydrogen-bond acceptors (Lipinski definition) is 4. The summed E-state index contributed by atoms with van der Waals surface area (Å²) in [6.45, 7) is 9.63. The van der Waals surface area contributed by atoms with Crippen LogP contribution in [0.1, 0.15) is 26.3 Å². The first kappa shape index (κ1) is 20.5. The first-order valence-corrected chi connectivity index (χ1v) is 9.35. The quantitative estimate of drug-likeness (QED) is 0.606. The van der Waals surface area contributed by atoms with Gasteiger partial charge in [-0.05, 0) is 31.5 Å². The van der Waals surface area contributed by atoms with Crippen LogP contribution in [-0.4, -0.2) is 67.1 Å². The number of nitrogens with zero attached hydrogens (tertiary/aromatic N) is 3. The standard InChI is InChI=1S/C19H29N5O3/c1-4-20-18(23-9-11-24(12-10-23)19(26)27-5-2)21-14-16-7-6-8-17(13-16)22-15(3)25/h6-8,13H,4-5,9-12,14H2,1-3H3,(H,20,21)(H,22,25). The van der Waals surface area contributed by atoms with Crippen LogP contribution in [0.2, 0.25) is 0 Å². The lowest BCUT2D eigenvalue weighted by Gasteiger charge is -2.35. The predicted octanol–water partition coefficient (Wildman–Crippen LogP) is 1.88. The Morgan fingerprint density at radius 3 is 2.48 bits per heavy atom. The molecule has 1 aromatic rings. The molecule has 27 heavy (non-hydrogen) atoms. The van der Waals surface area contributed by atoms with Gasteiger partial charge in [0.15, 0.2) is 5.96 Å². The SMILES string of the molecule is CCNC(=NCc1cccc(NC(C)=O)c1)N1CCN(C(=O)OCC)CC1. The highest BCUT2D eigenvalue weighted by molar-refractivity contribution is 5.88. The van der Waals surface area contributed by atoms with E-state index in [1.165, 1.54) is 6.92 Å². The molecule has 1 aliphatic heterocycles. The Kier molecular flexibility index (Phi) is 7.91. The second-order valence-electron chi connectivity index (χ2n) is 6.22. The fourth-order valence-corrected chi connectivity index (χ4v) is 2.86. The highest BCUT2D eigenvalue weighted by atomic mass is 16.6. The van der Waals surface area contributed by atoms with Crippen LogP contribution in [0.5, 0.6) is 0 Å². The van der Waals surface area contributed by atoms with Gasteiger partial charge >= 0.3 is 6.09 Å². The topological polar surface area (TPSA) is 86.3 Å². The van der Waals surface area contributed by atoms with Gasteiger partial charge in [-0.1, -0.05) is 12.1 Å². The van der Waals surface area contributed by atoms with Gasteiger partial charge in [-0.3, -0.25) is 4.79 Å². The molecule has 0 bridgehead atoms. The smallest absolute Gasteiger partial charge is 0.409 e. The zero-order valence-electron chi connectivity index (χ0n) is 16.3. The van der Waals surface area contributed by atoms with E-state index in [1.807, 2.05) is 38.1 Å². The largest absolute Gasteiger partial charge is 0.450 e. The molecule has 0 radical (unpaired) electrons. The Labute approximate surface area is 160 Å². The summed E-state index contributed by atoms with van der Waals surface area (Å²) < 4.78 is 5.06. The number of nitrogens with one attached hydrogen (secondary N) is 2. The molecule has 148 valence electrons. The molecule has 1 saturated heterocycles. The molecule has 0 aromatic heterocycles. The summed E-state index contributed by atoms with van der Waals surface area (Å²) in [4.78, 5) is 31.6. The third kappa shape index (κ3) is 6.47. The summed E-state index contributed by atoms with van der Waals surface area (Å²) in [5.41, 5.74) is 1.78. The Morgan fingerprint density at radius 1 is 1.15 bits per heavy atom. The molecule has 1 aromatic carbocycles. The molecule has 8 heteroatoms. The van der Waals surface area contributed by atoms with Crippen LogP contribution in [0.15, 0.2) is 29.3 Å². The average molecular weight is 375 g/mol. The van der Waals surface area contributed by atoms with Crippen LogP contribution in [0.3, 0.4) is 0 Å². The van der Waals surface area contributed by atoms with E-state index in [9.17, 15) is 9.59 Å². The molecule has 0 aliphatic carbocycles. The van der Waals surface area contributed by atoms with E-state index in [-0.39, 0.29) is 12.0 Å². The van der Waals surface area contributed by atoms with E-state index in [4.69, 9.17) is 9.73 Å². The molecule has 1 aliphatic rings. The second-order valence-corrected chi connectivity index (χ2v) is 6.22. The number of piperazine rings is 1. The van der Waals surface area contributed by atoms with Crippen molar-refractivity contribution in [2.75, 3.05) is 44.6 Å². The maximum Gasteiger partial charge on any atom is 0.409 e. The minimum Gasteiger partial charge on any atom is -0.450 e. The number of rotatable bonds is 5. The molecule has 0 spiro atoms. The number of guanidine groups is 1. The average Bonchev–Trinajstić information content (AvgIpc) is 2.65. The lowest BCUT2D eigenvalue weighted by molar-refractivity contribution is -0.114. The molecule has 0 saturated carbocycles. The molecule has 2 amide bonds. The number of carbonyl (C=O) groups is 2. The van der Waals surface area contributed by atoms with Crippen LogP contribution in [0, 0.1) is 0 Å². The minimum atomic E-state index is -0.256. The number of benzene rings is 1. The molecular formula is C19H29N5O3. The number of hydrogen-bond donors (Lipinski definition) is 2.